The number of aryl methyl sites for hydroxylation is 1. The predicted molar refractivity (Wildman–Crippen MR) is 33.9 cm³/mol. The van der Waals surface area contributed by atoms with E-state index in [4.69, 9.17) is 11.6 Å². The molecular formula is C6H5ClFN. The summed E-state index contributed by atoms with van der Waals surface area (Å²) in [5.74, 6) is -0.528. The fraction of sp³-hybridized carbons (Fsp3) is 0.167. The normalized spacial score (nSPS) is 9.67. The van der Waals surface area contributed by atoms with Crippen LogP contribution in [0.3, 0.4) is 0 Å². The molecule has 1 aromatic rings. The van der Waals surface area contributed by atoms with Gasteiger partial charge in [0.2, 0.25) is 5.95 Å². The predicted octanol–water partition coefficient (Wildman–Crippen LogP) is 2.18. The molecule has 0 saturated heterocycles. The summed E-state index contributed by atoms with van der Waals surface area (Å²) in [5, 5.41) is 0.201. The van der Waals surface area contributed by atoms with E-state index in [0.29, 0.717) is 0 Å². The van der Waals surface area contributed by atoms with Gasteiger partial charge in [0.1, 0.15) is 5.15 Å². The van der Waals surface area contributed by atoms with Crippen LogP contribution in [0.1, 0.15) is 5.56 Å². The van der Waals surface area contributed by atoms with Crippen molar-refractivity contribution in [3.05, 3.63) is 28.8 Å². The average Bonchev–Trinajstić information content (AvgIpc) is 1.59. The summed E-state index contributed by atoms with van der Waals surface area (Å²) in [4.78, 5) is 3.33. The van der Waals surface area contributed by atoms with Crippen LogP contribution in [0.5, 0.6) is 0 Å². The van der Waals surface area contributed by atoms with Crippen LogP contribution in [0.15, 0.2) is 12.1 Å². The largest absolute Gasteiger partial charge is 0.214 e. The first-order valence-corrected chi connectivity index (χ1v) is 2.86. The van der Waals surface area contributed by atoms with Gasteiger partial charge in [-0.25, -0.2) is 4.98 Å². The topological polar surface area (TPSA) is 12.9 Å². The van der Waals surface area contributed by atoms with E-state index in [1.165, 1.54) is 6.07 Å². The number of aromatic nitrogens is 1. The van der Waals surface area contributed by atoms with Crippen LogP contribution < -0.4 is 0 Å². The van der Waals surface area contributed by atoms with Gasteiger partial charge in [-0.05, 0) is 24.6 Å². The van der Waals surface area contributed by atoms with Crippen LogP contribution in [0.4, 0.5) is 4.39 Å². The first-order chi connectivity index (χ1) is 4.18. The lowest BCUT2D eigenvalue weighted by Crippen LogP contribution is -1.83. The number of pyridine rings is 1. The minimum atomic E-state index is -0.528. The SMILES string of the molecule is Cc1cc(F)nc(Cl)c1. The highest BCUT2D eigenvalue weighted by Gasteiger charge is 1.94. The minimum absolute atomic E-state index is 0.201. The highest BCUT2D eigenvalue weighted by Crippen LogP contribution is 2.07. The molecule has 0 aliphatic rings. The van der Waals surface area contributed by atoms with E-state index < -0.39 is 5.95 Å². The fourth-order valence-electron chi connectivity index (χ4n) is 0.584. The smallest absolute Gasteiger partial charge is 0.208 e. The fourth-order valence-corrected chi connectivity index (χ4v) is 0.837. The molecule has 1 rings (SSSR count). The number of hydrogen-bond acceptors (Lipinski definition) is 1. The van der Waals surface area contributed by atoms with Crippen molar-refractivity contribution in [2.75, 3.05) is 0 Å². The first kappa shape index (κ1) is 6.49. The molecule has 0 amide bonds. The van der Waals surface area contributed by atoms with Crippen LogP contribution in [0, 0.1) is 12.9 Å². The van der Waals surface area contributed by atoms with Crippen molar-refractivity contribution in [3.63, 3.8) is 0 Å². The second-order valence-electron chi connectivity index (χ2n) is 1.79. The molecule has 1 nitrogen and oxygen atoms in total. The zero-order valence-corrected chi connectivity index (χ0v) is 5.61. The molecule has 0 atom stereocenters. The molecule has 0 aromatic carbocycles. The third-order valence-electron chi connectivity index (χ3n) is 0.907. The molecule has 1 aromatic heterocycles. The van der Waals surface area contributed by atoms with Gasteiger partial charge in [-0.2, -0.15) is 4.39 Å². The number of hydrogen-bond donors (Lipinski definition) is 0. The Balaban J connectivity index is 3.17. The third kappa shape index (κ3) is 1.64. The molecule has 0 unspecified atom stereocenters. The summed E-state index contributed by atoms with van der Waals surface area (Å²) in [7, 11) is 0. The molecule has 0 spiro atoms. The van der Waals surface area contributed by atoms with Crippen molar-refractivity contribution in [2.24, 2.45) is 0 Å². The summed E-state index contributed by atoms with van der Waals surface area (Å²) in [6.07, 6.45) is 0. The monoisotopic (exact) mass is 145 g/mol. The summed E-state index contributed by atoms with van der Waals surface area (Å²) in [6.45, 7) is 1.76. The van der Waals surface area contributed by atoms with Gasteiger partial charge in [0.25, 0.3) is 0 Å². The van der Waals surface area contributed by atoms with Gasteiger partial charge in [0.05, 0.1) is 0 Å². The quantitative estimate of drug-likeness (QED) is 0.510. The Hall–Kier alpha value is -0.630. The number of halogens is 2. The summed E-state index contributed by atoms with van der Waals surface area (Å²) >= 11 is 5.40. The molecular weight excluding hydrogens is 141 g/mol. The van der Waals surface area contributed by atoms with E-state index in [1.807, 2.05) is 0 Å². The second-order valence-corrected chi connectivity index (χ2v) is 2.18. The highest BCUT2D eigenvalue weighted by atomic mass is 35.5. The van der Waals surface area contributed by atoms with Crippen molar-refractivity contribution >= 4 is 11.6 Å². The summed E-state index contributed by atoms with van der Waals surface area (Å²) in [5.41, 5.74) is 0.785. The maximum absolute atomic E-state index is 12.2. The van der Waals surface area contributed by atoms with Gasteiger partial charge >= 0.3 is 0 Å². The maximum atomic E-state index is 12.2. The Morgan fingerprint density at radius 2 is 2.22 bits per heavy atom. The van der Waals surface area contributed by atoms with Crippen LogP contribution >= 0.6 is 11.6 Å². The standard InChI is InChI=1S/C6H5ClFN/c1-4-2-5(7)9-6(8)3-4/h2-3H,1H3. The van der Waals surface area contributed by atoms with E-state index in [1.54, 1.807) is 13.0 Å². The summed E-state index contributed by atoms with van der Waals surface area (Å²) < 4.78 is 12.2. The van der Waals surface area contributed by atoms with E-state index in [-0.39, 0.29) is 5.15 Å². The van der Waals surface area contributed by atoms with Crippen molar-refractivity contribution in [2.45, 2.75) is 6.92 Å². The molecule has 0 aliphatic heterocycles. The zero-order valence-electron chi connectivity index (χ0n) is 4.86. The molecule has 1 heterocycles. The van der Waals surface area contributed by atoms with Gasteiger partial charge in [0, 0.05) is 0 Å². The van der Waals surface area contributed by atoms with E-state index >= 15 is 0 Å². The van der Waals surface area contributed by atoms with Gasteiger partial charge in [-0.1, -0.05) is 11.6 Å². The molecule has 0 saturated carbocycles. The molecule has 9 heavy (non-hydrogen) atoms. The lowest BCUT2D eigenvalue weighted by atomic mass is 10.3. The number of nitrogens with zero attached hydrogens (tertiary/aromatic N) is 1. The Morgan fingerprint density at radius 1 is 1.56 bits per heavy atom. The van der Waals surface area contributed by atoms with Crippen molar-refractivity contribution in [1.29, 1.82) is 0 Å². The van der Waals surface area contributed by atoms with Crippen LogP contribution in [0.2, 0.25) is 5.15 Å². The Kier molecular flexibility index (Phi) is 1.67. The van der Waals surface area contributed by atoms with Gasteiger partial charge in [-0.3, -0.25) is 0 Å². The lowest BCUT2D eigenvalue weighted by Gasteiger charge is -1.91. The Morgan fingerprint density at radius 3 is 2.67 bits per heavy atom. The lowest BCUT2D eigenvalue weighted by molar-refractivity contribution is 0.582. The maximum Gasteiger partial charge on any atom is 0.214 e. The number of rotatable bonds is 0. The molecule has 0 radical (unpaired) electrons. The average molecular weight is 146 g/mol. The third-order valence-corrected chi connectivity index (χ3v) is 1.10. The van der Waals surface area contributed by atoms with Gasteiger partial charge < -0.3 is 0 Å². The van der Waals surface area contributed by atoms with E-state index in [0.717, 1.165) is 5.56 Å². The minimum Gasteiger partial charge on any atom is -0.208 e. The molecule has 3 heteroatoms. The molecule has 0 N–H and O–H groups in total. The van der Waals surface area contributed by atoms with Crippen molar-refractivity contribution in [3.8, 4) is 0 Å². The second kappa shape index (κ2) is 2.31. The van der Waals surface area contributed by atoms with Crippen LogP contribution in [-0.2, 0) is 0 Å². The molecule has 0 aliphatic carbocycles. The molecule has 0 fully saturated rings. The van der Waals surface area contributed by atoms with Crippen molar-refractivity contribution in [1.82, 2.24) is 4.98 Å². The zero-order chi connectivity index (χ0) is 6.85. The van der Waals surface area contributed by atoms with E-state index in [2.05, 4.69) is 4.98 Å². The van der Waals surface area contributed by atoms with Gasteiger partial charge in [-0.15, -0.1) is 0 Å². The van der Waals surface area contributed by atoms with Crippen LogP contribution in [-0.4, -0.2) is 4.98 Å². The van der Waals surface area contributed by atoms with Crippen LogP contribution in [0.25, 0.3) is 0 Å². The highest BCUT2D eigenvalue weighted by molar-refractivity contribution is 6.29. The Bertz CT molecular complexity index is 174. The Labute approximate surface area is 57.5 Å². The summed E-state index contributed by atoms with van der Waals surface area (Å²) in [6, 6.07) is 2.93. The first-order valence-electron chi connectivity index (χ1n) is 2.48. The molecule has 48 valence electrons. The van der Waals surface area contributed by atoms with E-state index in [9.17, 15) is 4.39 Å². The van der Waals surface area contributed by atoms with Gasteiger partial charge in [0.15, 0.2) is 0 Å². The van der Waals surface area contributed by atoms with Crippen molar-refractivity contribution < 1.29 is 4.39 Å². The molecule has 0 bridgehead atoms.